The minimum absolute atomic E-state index is 0.0306. The van der Waals surface area contributed by atoms with E-state index in [2.05, 4.69) is 17.6 Å². The van der Waals surface area contributed by atoms with Crippen molar-refractivity contribution < 1.29 is 24.5 Å². The number of ether oxygens (including phenoxy) is 1. The van der Waals surface area contributed by atoms with Crippen LogP contribution in [-0.2, 0) is 16.1 Å². The molecular weight excluding hydrogens is 420 g/mol. The monoisotopic (exact) mass is 460 g/mol. The number of carbonyl (C=O) groups is 2. The number of amides is 2. The lowest BCUT2D eigenvalue weighted by atomic mass is 9.46. The highest BCUT2D eigenvalue weighted by Crippen LogP contribution is 2.61. The lowest BCUT2D eigenvalue weighted by molar-refractivity contribution is -0.186. The maximum absolute atomic E-state index is 12.8. The Morgan fingerprint density at radius 3 is 2.52 bits per heavy atom. The molecule has 0 unspecified atom stereocenters. The molecule has 0 aromatic heterocycles. The summed E-state index contributed by atoms with van der Waals surface area (Å²) in [6.07, 6.45) is 2.27. The van der Waals surface area contributed by atoms with Crippen LogP contribution in [0.1, 0.15) is 64.9 Å². The van der Waals surface area contributed by atoms with Crippen LogP contribution in [0.5, 0.6) is 0 Å². The molecule has 0 bridgehead atoms. The Kier molecular flexibility index (Phi) is 8.40. The van der Waals surface area contributed by atoms with Crippen molar-refractivity contribution in [3.63, 3.8) is 0 Å². The molecule has 3 rings (SSSR count). The van der Waals surface area contributed by atoms with Gasteiger partial charge in [-0.2, -0.15) is 0 Å². The number of hydrogen-bond acceptors (Lipinski definition) is 5. The first-order valence-corrected chi connectivity index (χ1v) is 12.3. The number of aliphatic hydroxyl groups is 2. The Morgan fingerprint density at radius 1 is 1.12 bits per heavy atom. The molecule has 2 fully saturated rings. The van der Waals surface area contributed by atoms with Crippen LogP contribution in [0.4, 0.5) is 4.79 Å². The van der Waals surface area contributed by atoms with Gasteiger partial charge in [0.1, 0.15) is 6.10 Å². The molecule has 0 saturated heterocycles. The molecule has 184 valence electrons. The fourth-order valence-corrected chi connectivity index (χ4v) is 6.25. The molecule has 0 radical (unpaired) electrons. The van der Waals surface area contributed by atoms with Gasteiger partial charge < -0.3 is 25.6 Å². The van der Waals surface area contributed by atoms with Gasteiger partial charge in [0.25, 0.3) is 0 Å². The van der Waals surface area contributed by atoms with Crippen molar-refractivity contribution in [3.8, 4) is 0 Å². The second kappa shape index (κ2) is 10.9. The zero-order valence-corrected chi connectivity index (χ0v) is 20.2. The summed E-state index contributed by atoms with van der Waals surface area (Å²) in [7, 11) is 0. The van der Waals surface area contributed by atoms with Gasteiger partial charge in [-0.25, -0.2) is 4.79 Å². The normalized spacial score (nSPS) is 33.6. The Balaban J connectivity index is 1.72. The third-order valence-corrected chi connectivity index (χ3v) is 8.18. The summed E-state index contributed by atoms with van der Waals surface area (Å²) in [6.45, 7) is 7.00. The lowest BCUT2D eigenvalue weighted by Gasteiger charge is -2.60. The maximum atomic E-state index is 12.8. The van der Waals surface area contributed by atoms with E-state index < -0.39 is 23.7 Å². The van der Waals surface area contributed by atoms with Crippen LogP contribution in [0, 0.1) is 22.7 Å². The first-order valence-electron chi connectivity index (χ1n) is 12.3. The number of rotatable bonds is 8. The fourth-order valence-electron chi connectivity index (χ4n) is 6.25. The van der Waals surface area contributed by atoms with Crippen molar-refractivity contribution in [3.05, 3.63) is 35.9 Å². The lowest BCUT2D eigenvalue weighted by Crippen LogP contribution is -2.61. The number of benzene rings is 1. The molecule has 33 heavy (non-hydrogen) atoms. The number of fused-ring (bicyclic) bond motifs is 1. The highest BCUT2D eigenvalue weighted by Gasteiger charge is 2.60. The van der Waals surface area contributed by atoms with E-state index in [1.54, 1.807) is 0 Å². The Labute approximate surface area is 197 Å². The molecule has 0 aliphatic heterocycles. The van der Waals surface area contributed by atoms with E-state index in [9.17, 15) is 19.8 Å². The molecule has 2 amide bonds. The Bertz CT molecular complexity index is 803. The molecule has 2 aliphatic carbocycles. The summed E-state index contributed by atoms with van der Waals surface area (Å²) in [5.41, 5.74) is 0.0695. The first-order chi connectivity index (χ1) is 15.7. The van der Waals surface area contributed by atoms with E-state index in [1.807, 2.05) is 44.2 Å². The van der Waals surface area contributed by atoms with Crippen LogP contribution in [0.3, 0.4) is 0 Å². The first kappa shape index (κ1) is 25.5. The average Bonchev–Trinajstić information content (AvgIpc) is 2.81. The molecule has 2 aliphatic rings. The zero-order chi connectivity index (χ0) is 24.1. The maximum Gasteiger partial charge on any atom is 0.407 e. The third kappa shape index (κ3) is 5.52. The van der Waals surface area contributed by atoms with E-state index in [0.717, 1.165) is 24.8 Å². The molecular formula is C26H40N2O5. The van der Waals surface area contributed by atoms with E-state index in [0.29, 0.717) is 25.9 Å². The van der Waals surface area contributed by atoms with Crippen molar-refractivity contribution in [2.75, 3.05) is 13.2 Å². The molecule has 4 N–H and O–H groups in total. The van der Waals surface area contributed by atoms with Crippen LogP contribution < -0.4 is 10.6 Å². The summed E-state index contributed by atoms with van der Waals surface area (Å²) < 4.78 is 5.77. The minimum atomic E-state index is -0.630. The SMILES string of the molecule is CCCNC(=O)O[C@@H]1CC[C@]2(C)[C@H](CC[C@@H](O)[C@H]2CC(=O)NCc2ccccc2)[C@]1(C)CO. The van der Waals surface area contributed by atoms with Crippen molar-refractivity contribution in [2.45, 2.75) is 78.0 Å². The molecule has 7 nitrogen and oxygen atoms in total. The highest BCUT2D eigenvalue weighted by atomic mass is 16.6. The number of aliphatic hydroxyl groups excluding tert-OH is 2. The standard InChI is InChI=1S/C26H40N2O5/c1-4-14-27-24(32)33-22-12-13-25(2)19(20(30)10-11-21(25)26(22,3)17-29)15-23(31)28-16-18-8-6-5-7-9-18/h5-9,19-22,29-30H,4,10-17H2,1-3H3,(H,27,32)(H,28,31)/t19-,20-,21+,22-,25+,26+/m1/s1. The van der Waals surface area contributed by atoms with Crippen molar-refractivity contribution in [1.29, 1.82) is 0 Å². The van der Waals surface area contributed by atoms with E-state index in [4.69, 9.17) is 4.74 Å². The summed E-state index contributed by atoms with van der Waals surface area (Å²) in [5.74, 6) is -0.261. The molecule has 6 atom stereocenters. The third-order valence-electron chi connectivity index (χ3n) is 8.18. The summed E-state index contributed by atoms with van der Waals surface area (Å²) in [5, 5.41) is 27.1. The second-order valence-electron chi connectivity index (χ2n) is 10.3. The topological polar surface area (TPSA) is 108 Å². The average molecular weight is 461 g/mol. The number of hydrogen-bond donors (Lipinski definition) is 4. The van der Waals surface area contributed by atoms with Gasteiger partial charge in [0.2, 0.25) is 5.91 Å². The molecule has 7 heteroatoms. The predicted molar refractivity (Wildman–Crippen MR) is 126 cm³/mol. The molecule has 1 aromatic rings. The largest absolute Gasteiger partial charge is 0.446 e. The molecule has 0 heterocycles. The second-order valence-corrected chi connectivity index (χ2v) is 10.3. The molecule has 1 aromatic carbocycles. The van der Waals surface area contributed by atoms with Gasteiger partial charge in [-0.15, -0.1) is 0 Å². The molecule has 0 spiro atoms. The van der Waals surface area contributed by atoms with E-state index in [-0.39, 0.29) is 36.2 Å². The Morgan fingerprint density at radius 2 is 1.85 bits per heavy atom. The van der Waals surface area contributed by atoms with Gasteiger partial charge in [0.15, 0.2) is 0 Å². The van der Waals surface area contributed by atoms with Gasteiger partial charge in [0.05, 0.1) is 12.7 Å². The number of alkyl carbamates (subject to hydrolysis) is 1. The van der Waals surface area contributed by atoms with Gasteiger partial charge in [-0.05, 0) is 54.9 Å². The van der Waals surface area contributed by atoms with Gasteiger partial charge in [-0.3, -0.25) is 4.79 Å². The van der Waals surface area contributed by atoms with Crippen LogP contribution in [0.15, 0.2) is 30.3 Å². The van der Waals surface area contributed by atoms with Crippen LogP contribution in [0.25, 0.3) is 0 Å². The van der Waals surface area contributed by atoms with Crippen LogP contribution >= 0.6 is 0 Å². The van der Waals surface area contributed by atoms with Crippen molar-refractivity contribution in [2.24, 2.45) is 22.7 Å². The number of nitrogens with one attached hydrogen (secondary N) is 2. The summed E-state index contributed by atoms with van der Waals surface area (Å²) in [4.78, 5) is 25.1. The smallest absolute Gasteiger partial charge is 0.407 e. The van der Waals surface area contributed by atoms with Gasteiger partial charge >= 0.3 is 6.09 Å². The van der Waals surface area contributed by atoms with Crippen molar-refractivity contribution >= 4 is 12.0 Å². The number of carbonyl (C=O) groups excluding carboxylic acids is 2. The minimum Gasteiger partial charge on any atom is -0.446 e. The zero-order valence-electron chi connectivity index (χ0n) is 20.2. The summed E-state index contributed by atoms with van der Waals surface area (Å²) in [6, 6.07) is 9.76. The van der Waals surface area contributed by atoms with Gasteiger partial charge in [-0.1, -0.05) is 51.1 Å². The van der Waals surface area contributed by atoms with E-state index in [1.165, 1.54) is 0 Å². The van der Waals surface area contributed by atoms with E-state index >= 15 is 0 Å². The fraction of sp³-hybridized carbons (Fsp3) is 0.692. The summed E-state index contributed by atoms with van der Waals surface area (Å²) >= 11 is 0. The van der Waals surface area contributed by atoms with Crippen LogP contribution in [-0.4, -0.2) is 47.6 Å². The predicted octanol–water partition coefficient (Wildman–Crippen LogP) is 3.38. The van der Waals surface area contributed by atoms with Gasteiger partial charge in [0, 0.05) is 24.9 Å². The quantitative estimate of drug-likeness (QED) is 0.476. The van der Waals surface area contributed by atoms with Crippen molar-refractivity contribution in [1.82, 2.24) is 10.6 Å². The molecule has 2 saturated carbocycles. The van der Waals surface area contributed by atoms with Crippen LogP contribution in [0.2, 0.25) is 0 Å². The highest BCUT2D eigenvalue weighted by molar-refractivity contribution is 5.76. The Hall–Kier alpha value is -2.12.